The van der Waals surface area contributed by atoms with E-state index in [0.717, 1.165) is 11.8 Å². The lowest BCUT2D eigenvalue weighted by Gasteiger charge is -2.06. The minimum Gasteiger partial charge on any atom is -0.305 e. The fraction of sp³-hybridized carbons (Fsp3) is 0.231. The molecule has 1 aliphatic rings. The molecule has 1 aromatic carbocycles. The molecule has 1 aliphatic heterocycles. The Labute approximate surface area is 114 Å². The van der Waals surface area contributed by atoms with Crippen LogP contribution in [0.2, 0.25) is 0 Å². The predicted octanol–water partition coefficient (Wildman–Crippen LogP) is 1.39. The Morgan fingerprint density at radius 1 is 1.32 bits per heavy atom. The number of nitrogens with one attached hydrogen (secondary N) is 1. The Kier molecular flexibility index (Phi) is 4.11. The van der Waals surface area contributed by atoms with Crippen LogP contribution < -0.4 is 5.32 Å². The Balaban J connectivity index is 1.97. The van der Waals surface area contributed by atoms with Crippen molar-refractivity contribution in [2.75, 3.05) is 0 Å². The molecule has 2 amide bonds. The monoisotopic (exact) mass is 276 g/mol. The van der Waals surface area contributed by atoms with Gasteiger partial charge in [0.05, 0.1) is 0 Å². The average molecular weight is 276 g/mol. The second kappa shape index (κ2) is 5.79. The minimum atomic E-state index is -0.547. The summed E-state index contributed by atoms with van der Waals surface area (Å²) in [5, 5.41) is 2.18. The van der Waals surface area contributed by atoms with E-state index in [1.165, 1.54) is 6.92 Å². The first-order valence-corrected chi connectivity index (χ1v) is 6.59. The lowest BCUT2D eigenvalue weighted by molar-refractivity contribution is -0.117. The lowest BCUT2D eigenvalue weighted by atomic mass is 10.1. The average Bonchev–Trinajstić information content (AvgIpc) is 2.69. The van der Waals surface area contributed by atoms with Crippen molar-refractivity contribution in [3.8, 4) is 0 Å². The highest BCUT2D eigenvalue weighted by atomic mass is 32.2. The number of carbonyl (C=O) groups excluding carboxylic acids is 3. The predicted molar refractivity (Wildman–Crippen MR) is 73.0 cm³/mol. The molecule has 0 spiro atoms. The van der Waals surface area contributed by atoms with E-state index < -0.39 is 5.25 Å². The molecule has 0 aromatic heterocycles. The molecule has 98 valence electrons. The molecule has 1 heterocycles. The van der Waals surface area contributed by atoms with Crippen LogP contribution in [-0.4, -0.2) is 28.0 Å². The maximum atomic E-state index is 12.0. The van der Waals surface area contributed by atoms with Crippen LogP contribution in [0.1, 0.15) is 23.7 Å². The highest BCUT2D eigenvalue weighted by Gasteiger charge is 2.31. The van der Waals surface area contributed by atoms with E-state index in [2.05, 4.69) is 10.3 Å². The number of aliphatic imine (C=N–C) groups is 1. The number of amides is 2. The first-order chi connectivity index (χ1) is 9.06. The van der Waals surface area contributed by atoms with Gasteiger partial charge in [-0.25, -0.2) is 0 Å². The van der Waals surface area contributed by atoms with Crippen LogP contribution in [0.5, 0.6) is 0 Å². The van der Waals surface area contributed by atoms with E-state index in [1.54, 1.807) is 24.3 Å². The highest BCUT2D eigenvalue weighted by Crippen LogP contribution is 2.25. The van der Waals surface area contributed by atoms with Crippen LogP contribution in [0, 0.1) is 0 Å². The molecule has 0 aliphatic carbocycles. The Morgan fingerprint density at radius 2 is 2.00 bits per heavy atom. The molecule has 0 fully saturated rings. The summed E-state index contributed by atoms with van der Waals surface area (Å²) in [4.78, 5) is 38.2. The van der Waals surface area contributed by atoms with Crippen LogP contribution >= 0.6 is 11.8 Å². The third kappa shape index (κ3) is 3.51. The molecular formula is C13H12N2O3S. The van der Waals surface area contributed by atoms with Crippen molar-refractivity contribution < 1.29 is 14.4 Å². The Bertz CT molecular complexity index is 554. The summed E-state index contributed by atoms with van der Waals surface area (Å²) in [5.41, 5.74) is 0.573. The molecule has 0 radical (unpaired) electrons. The molecular weight excluding hydrogens is 264 g/mol. The van der Waals surface area contributed by atoms with E-state index in [-0.39, 0.29) is 29.2 Å². The number of Topliss-reactive ketones (excluding diaryl/α,β-unsaturated/α-hetero) is 1. The number of amidine groups is 1. The molecule has 0 bridgehead atoms. The zero-order valence-corrected chi connectivity index (χ0v) is 11.1. The fourth-order valence-corrected chi connectivity index (χ4v) is 2.63. The largest absolute Gasteiger partial charge is 0.305 e. The van der Waals surface area contributed by atoms with Crippen LogP contribution in [0.3, 0.4) is 0 Å². The van der Waals surface area contributed by atoms with Gasteiger partial charge in [0.15, 0.2) is 11.0 Å². The summed E-state index contributed by atoms with van der Waals surface area (Å²) >= 11 is 1.12. The lowest BCUT2D eigenvalue weighted by Crippen LogP contribution is -2.24. The van der Waals surface area contributed by atoms with Gasteiger partial charge in [0.2, 0.25) is 5.91 Å². The summed E-state index contributed by atoms with van der Waals surface area (Å²) in [6, 6.07) is 8.79. The van der Waals surface area contributed by atoms with Crippen molar-refractivity contribution in [1.29, 1.82) is 0 Å². The van der Waals surface area contributed by atoms with Gasteiger partial charge in [-0.2, -0.15) is 4.99 Å². The number of benzene rings is 1. The SMILES string of the molecule is CC(=O)NC1=NC(=O)C(CC(=O)c2ccccc2)S1. The van der Waals surface area contributed by atoms with E-state index in [1.807, 2.05) is 6.07 Å². The van der Waals surface area contributed by atoms with Crippen molar-refractivity contribution in [3.05, 3.63) is 35.9 Å². The zero-order valence-electron chi connectivity index (χ0n) is 10.3. The highest BCUT2D eigenvalue weighted by molar-refractivity contribution is 8.15. The van der Waals surface area contributed by atoms with Gasteiger partial charge in [-0.3, -0.25) is 14.4 Å². The van der Waals surface area contributed by atoms with Crippen LogP contribution in [0.15, 0.2) is 35.3 Å². The summed E-state index contributed by atoms with van der Waals surface area (Å²) in [5.74, 6) is -0.766. The Morgan fingerprint density at radius 3 is 2.63 bits per heavy atom. The molecule has 19 heavy (non-hydrogen) atoms. The summed E-state index contributed by atoms with van der Waals surface area (Å²) < 4.78 is 0. The number of carbonyl (C=O) groups is 3. The van der Waals surface area contributed by atoms with Crippen molar-refractivity contribution in [1.82, 2.24) is 5.32 Å². The Hall–Kier alpha value is -1.95. The molecule has 2 rings (SSSR count). The first kappa shape index (κ1) is 13.5. The van der Waals surface area contributed by atoms with Crippen LogP contribution in [0.4, 0.5) is 0 Å². The van der Waals surface area contributed by atoms with Crippen molar-refractivity contribution in [3.63, 3.8) is 0 Å². The smallest absolute Gasteiger partial charge is 0.262 e. The normalized spacial score (nSPS) is 18.1. The third-order valence-electron chi connectivity index (χ3n) is 2.49. The maximum absolute atomic E-state index is 12.0. The van der Waals surface area contributed by atoms with Crippen molar-refractivity contribution in [2.45, 2.75) is 18.6 Å². The number of thioether (sulfide) groups is 1. The number of hydrogen-bond donors (Lipinski definition) is 1. The minimum absolute atomic E-state index is 0.0834. The molecule has 0 saturated heterocycles. The summed E-state index contributed by atoms with van der Waals surface area (Å²) in [6.07, 6.45) is 0.0834. The second-order valence-electron chi connectivity index (χ2n) is 4.04. The molecule has 1 N–H and O–H groups in total. The molecule has 6 heteroatoms. The third-order valence-corrected chi connectivity index (χ3v) is 3.56. The van der Waals surface area contributed by atoms with E-state index >= 15 is 0 Å². The van der Waals surface area contributed by atoms with Crippen LogP contribution in [-0.2, 0) is 9.59 Å². The van der Waals surface area contributed by atoms with Gasteiger partial charge in [0.25, 0.3) is 5.91 Å². The quantitative estimate of drug-likeness (QED) is 0.847. The fourth-order valence-electron chi connectivity index (χ4n) is 1.63. The topological polar surface area (TPSA) is 75.6 Å². The van der Waals surface area contributed by atoms with Gasteiger partial charge in [0, 0.05) is 18.9 Å². The van der Waals surface area contributed by atoms with Gasteiger partial charge < -0.3 is 5.32 Å². The zero-order chi connectivity index (χ0) is 13.8. The number of ketones is 1. The molecule has 0 saturated carbocycles. The van der Waals surface area contributed by atoms with Crippen LogP contribution in [0.25, 0.3) is 0 Å². The number of nitrogens with zero attached hydrogens (tertiary/aromatic N) is 1. The molecule has 1 atom stereocenters. The first-order valence-electron chi connectivity index (χ1n) is 5.71. The number of hydrogen-bond acceptors (Lipinski definition) is 4. The van der Waals surface area contributed by atoms with Gasteiger partial charge in [0.1, 0.15) is 5.25 Å². The summed E-state index contributed by atoms with van der Waals surface area (Å²) in [7, 11) is 0. The van der Waals surface area contributed by atoms with Gasteiger partial charge in [-0.15, -0.1) is 0 Å². The summed E-state index contributed by atoms with van der Waals surface area (Å²) in [6.45, 7) is 1.34. The van der Waals surface area contributed by atoms with Gasteiger partial charge in [-0.05, 0) is 0 Å². The van der Waals surface area contributed by atoms with Crippen molar-refractivity contribution >= 4 is 34.5 Å². The van der Waals surface area contributed by atoms with Crippen molar-refractivity contribution in [2.24, 2.45) is 4.99 Å². The van der Waals surface area contributed by atoms with E-state index in [9.17, 15) is 14.4 Å². The van der Waals surface area contributed by atoms with E-state index in [0.29, 0.717) is 5.56 Å². The maximum Gasteiger partial charge on any atom is 0.262 e. The van der Waals surface area contributed by atoms with E-state index in [4.69, 9.17) is 0 Å². The standard InChI is InChI=1S/C13H12N2O3S/c1-8(16)14-13-15-12(18)11(19-13)7-10(17)9-5-3-2-4-6-9/h2-6,11H,7H2,1H3,(H,14,15,16,18). The molecule has 1 aromatic rings. The molecule has 5 nitrogen and oxygen atoms in total. The second-order valence-corrected chi connectivity index (χ2v) is 5.23. The number of rotatable bonds is 3. The van der Waals surface area contributed by atoms with Gasteiger partial charge >= 0.3 is 0 Å². The molecule has 1 unspecified atom stereocenters. The van der Waals surface area contributed by atoms with Gasteiger partial charge in [-0.1, -0.05) is 42.1 Å².